The van der Waals surface area contributed by atoms with Crippen LogP contribution in [0.3, 0.4) is 0 Å². The molecule has 1 spiro atoms. The Kier molecular flexibility index (Phi) is 6.54. The monoisotopic (exact) mass is 525 g/mol. The van der Waals surface area contributed by atoms with Gasteiger partial charge in [-0.2, -0.15) is 0 Å². The van der Waals surface area contributed by atoms with Crippen molar-refractivity contribution in [2.24, 2.45) is 11.8 Å². The molecule has 8 nitrogen and oxygen atoms in total. The minimum Gasteiger partial charge on any atom is -0.394 e. The summed E-state index contributed by atoms with van der Waals surface area (Å²) in [5, 5.41) is 16.6. The molecular weight excluding hydrogens is 494 g/mol. The molecule has 2 bridgehead atoms. The van der Waals surface area contributed by atoms with E-state index in [0.29, 0.717) is 35.5 Å². The SMILES string of the molecule is CC[C@@]12CCC3(O1)C(C(=O)Nc1c(C)cccc1Cl)N([C@H](CO)c1ccccc1)C(=O)[C@@H]3[C@@H]2C(=O)NC. The van der Waals surface area contributed by atoms with Crippen LogP contribution in [0.15, 0.2) is 48.5 Å². The quantitative estimate of drug-likeness (QED) is 0.514. The molecular formula is C28H32ClN3O5. The minimum absolute atomic E-state index is 0.273. The predicted molar refractivity (Wildman–Crippen MR) is 139 cm³/mol. The zero-order valence-electron chi connectivity index (χ0n) is 21.2. The van der Waals surface area contributed by atoms with Crippen molar-refractivity contribution in [3.05, 3.63) is 64.7 Å². The topological polar surface area (TPSA) is 108 Å². The summed E-state index contributed by atoms with van der Waals surface area (Å²) in [6, 6.07) is 12.6. The summed E-state index contributed by atoms with van der Waals surface area (Å²) < 4.78 is 6.72. The van der Waals surface area contributed by atoms with Crippen molar-refractivity contribution in [3.63, 3.8) is 0 Å². The lowest BCUT2D eigenvalue weighted by Gasteiger charge is -2.37. The van der Waals surface area contributed by atoms with Gasteiger partial charge >= 0.3 is 0 Å². The number of nitrogens with one attached hydrogen (secondary N) is 2. The standard InChI is InChI=1S/C28H32ClN3O5/c1-4-27-13-14-28(37-27)21(20(27)24(34)30-3)26(36)32(19(15-33)17-10-6-5-7-11-17)23(28)25(35)31-22-16(2)9-8-12-18(22)29/h5-12,19-21,23,33H,4,13-15H2,1-3H3,(H,30,34)(H,31,35)/t19-,20-,21+,23?,27+,28?/m1/s1. The van der Waals surface area contributed by atoms with Gasteiger partial charge in [0.15, 0.2) is 0 Å². The van der Waals surface area contributed by atoms with E-state index in [-0.39, 0.29) is 11.8 Å². The molecule has 2 aromatic carbocycles. The van der Waals surface area contributed by atoms with Gasteiger partial charge in [-0.05, 0) is 43.4 Å². The largest absolute Gasteiger partial charge is 0.394 e. The molecule has 196 valence electrons. The number of carbonyl (C=O) groups excluding carboxylic acids is 3. The summed E-state index contributed by atoms with van der Waals surface area (Å²) in [7, 11) is 1.55. The van der Waals surface area contributed by atoms with Crippen molar-refractivity contribution >= 4 is 35.0 Å². The third-order valence-corrected chi connectivity index (χ3v) is 8.87. The van der Waals surface area contributed by atoms with Crippen LogP contribution in [-0.4, -0.2) is 58.6 Å². The molecule has 5 rings (SSSR count). The molecule has 9 heteroatoms. The smallest absolute Gasteiger partial charge is 0.250 e. The van der Waals surface area contributed by atoms with Crippen molar-refractivity contribution in [1.29, 1.82) is 0 Å². The lowest BCUT2D eigenvalue weighted by Crippen LogP contribution is -2.54. The van der Waals surface area contributed by atoms with Crippen LogP contribution in [0.2, 0.25) is 5.02 Å². The van der Waals surface area contributed by atoms with Crippen LogP contribution in [0, 0.1) is 18.8 Å². The molecule has 0 saturated carbocycles. The molecule has 2 unspecified atom stereocenters. The Labute approximate surface area is 221 Å². The Morgan fingerprint density at radius 2 is 1.89 bits per heavy atom. The molecule has 3 amide bonds. The van der Waals surface area contributed by atoms with Gasteiger partial charge in [-0.15, -0.1) is 0 Å². The van der Waals surface area contributed by atoms with Crippen molar-refractivity contribution in [3.8, 4) is 0 Å². The van der Waals surface area contributed by atoms with Crippen LogP contribution >= 0.6 is 11.6 Å². The maximum absolute atomic E-state index is 14.3. The second-order valence-electron chi connectivity index (χ2n) is 10.2. The van der Waals surface area contributed by atoms with E-state index in [0.717, 1.165) is 5.56 Å². The van der Waals surface area contributed by atoms with E-state index in [1.165, 1.54) is 4.90 Å². The van der Waals surface area contributed by atoms with Gasteiger partial charge in [-0.1, -0.05) is 61.0 Å². The average Bonchev–Trinajstić information content (AvgIpc) is 3.51. The molecule has 37 heavy (non-hydrogen) atoms. The van der Waals surface area contributed by atoms with Crippen molar-refractivity contribution in [2.45, 2.75) is 56.4 Å². The van der Waals surface area contributed by atoms with E-state index in [2.05, 4.69) is 10.6 Å². The highest BCUT2D eigenvalue weighted by Crippen LogP contribution is 2.65. The Morgan fingerprint density at radius 3 is 2.51 bits per heavy atom. The Bertz CT molecular complexity index is 1220. The number of aryl methyl sites for hydroxylation is 1. The van der Waals surface area contributed by atoms with E-state index in [4.69, 9.17) is 16.3 Å². The first-order chi connectivity index (χ1) is 17.7. The molecule has 3 saturated heterocycles. The first-order valence-electron chi connectivity index (χ1n) is 12.7. The lowest BCUT2D eigenvalue weighted by atomic mass is 9.65. The number of aliphatic hydroxyl groups is 1. The number of likely N-dealkylation sites (tertiary alicyclic amines) is 1. The van der Waals surface area contributed by atoms with Crippen LogP contribution in [0.1, 0.15) is 43.4 Å². The van der Waals surface area contributed by atoms with E-state index in [9.17, 15) is 19.5 Å². The highest BCUT2D eigenvalue weighted by Gasteiger charge is 2.79. The Hall–Kier alpha value is -2.94. The molecule has 3 aliphatic heterocycles. The molecule has 3 heterocycles. The molecule has 3 N–H and O–H groups in total. The number of hydrogen-bond donors (Lipinski definition) is 3. The summed E-state index contributed by atoms with van der Waals surface area (Å²) in [5.41, 5.74) is -0.101. The van der Waals surface area contributed by atoms with E-state index < -0.39 is 47.6 Å². The molecule has 3 fully saturated rings. The normalized spacial score (nSPS) is 30.8. The van der Waals surface area contributed by atoms with Crippen LogP contribution in [-0.2, 0) is 19.1 Å². The average molecular weight is 526 g/mol. The molecule has 2 aromatic rings. The van der Waals surface area contributed by atoms with Gasteiger partial charge in [0.1, 0.15) is 11.6 Å². The Morgan fingerprint density at radius 1 is 1.16 bits per heavy atom. The van der Waals surface area contributed by atoms with Crippen LogP contribution < -0.4 is 10.6 Å². The fourth-order valence-corrected chi connectivity index (χ4v) is 7.13. The number of benzene rings is 2. The zero-order chi connectivity index (χ0) is 26.5. The number of para-hydroxylation sites is 1. The number of anilines is 1. The first-order valence-corrected chi connectivity index (χ1v) is 13.1. The fourth-order valence-electron chi connectivity index (χ4n) is 6.86. The van der Waals surface area contributed by atoms with Gasteiger partial charge in [0.05, 0.1) is 40.8 Å². The van der Waals surface area contributed by atoms with E-state index >= 15 is 0 Å². The molecule has 0 aliphatic carbocycles. The number of hydrogen-bond acceptors (Lipinski definition) is 5. The summed E-state index contributed by atoms with van der Waals surface area (Å²) in [5.74, 6) is -2.67. The Balaban J connectivity index is 1.65. The van der Waals surface area contributed by atoms with Gasteiger partial charge in [-0.3, -0.25) is 14.4 Å². The van der Waals surface area contributed by atoms with Gasteiger partial charge in [0.25, 0.3) is 0 Å². The van der Waals surface area contributed by atoms with Crippen LogP contribution in [0.25, 0.3) is 0 Å². The lowest BCUT2D eigenvalue weighted by molar-refractivity contribution is -0.149. The zero-order valence-corrected chi connectivity index (χ0v) is 21.9. The number of ether oxygens (including phenoxy) is 1. The van der Waals surface area contributed by atoms with Crippen molar-refractivity contribution in [1.82, 2.24) is 10.2 Å². The van der Waals surface area contributed by atoms with Gasteiger partial charge < -0.3 is 25.4 Å². The highest BCUT2D eigenvalue weighted by molar-refractivity contribution is 6.34. The summed E-state index contributed by atoms with van der Waals surface area (Å²) in [6.45, 7) is 3.39. The fraction of sp³-hybridized carbons (Fsp3) is 0.464. The minimum atomic E-state index is -1.20. The third kappa shape index (κ3) is 3.68. The second-order valence-corrected chi connectivity index (χ2v) is 10.6. The van der Waals surface area contributed by atoms with Crippen LogP contribution in [0.5, 0.6) is 0 Å². The highest BCUT2D eigenvalue weighted by atomic mass is 35.5. The van der Waals surface area contributed by atoms with Gasteiger partial charge in [0.2, 0.25) is 17.7 Å². The number of fused-ring (bicyclic) bond motifs is 1. The van der Waals surface area contributed by atoms with Gasteiger partial charge in [0, 0.05) is 7.05 Å². The van der Waals surface area contributed by atoms with E-state index in [1.807, 2.05) is 50.2 Å². The second kappa shape index (κ2) is 9.42. The molecule has 0 aromatic heterocycles. The van der Waals surface area contributed by atoms with Crippen molar-refractivity contribution < 1.29 is 24.2 Å². The van der Waals surface area contributed by atoms with Crippen LogP contribution in [0.4, 0.5) is 5.69 Å². The maximum atomic E-state index is 14.3. The number of halogens is 1. The number of aliphatic hydroxyl groups excluding tert-OH is 1. The number of nitrogens with zero attached hydrogens (tertiary/aromatic N) is 1. The summed E-state index contributed by atoms with van der Waals surface area (Å²) in [4.78, 5) is 43.1. The van der Waals surface area contributed by atoms with E-state index in [1.54, 1.807) is 19.2 Å². The summed E-state index contributed by atoms with van der Waals surface area (Å²) >= 11 is 6.43. The molecule has 0 radical (unpaired) electrons. The molecule has 3 aliphatic rings. The summed E-state index contributed by atoms with van der Waals surface area (Å²) in [6.07, 6.45) is 1.55. The third-order valence-electron chi connectivity index (χ3n) is 8.56. The number of rotatable bonds is 7. The molecule has 6 atom stereocenters. The predicted octanol–water partition coefficient (Wildman–Crippen LogP) is 3.22. The maximum Gasteiger partial charge on any atom is 0.250 e. The van der Waals surface area contributed by atoms with Crippen molar-refractivity contribution in [2.75, 3.05) is 19.0 Å². The number of carbonyl (C=O) groups is 3. The van der Waals surface area contributed by atoms with Gasteiger partial charge in [-0.25, -0.2) is 0 Å². The number of amides is 3. The first kappa shape index (κ1) is 25.7.